The lowest BCUT2D eigenvalue weighted by Crippen LogP contribution is -2.26. The largest absolute Gasteiger partial charge is 0.396 e. The molecule has 3 nitrogen and oxygen atoms in total. The Morgan fingerprint density at radius 2 is 2.11 bits per heavy atom. The van der Waals surface area contributed by atoms with Gasteiger partial charge in [0.1, 0.15) is 0 Å². The molecule has 0 aromatic carbocycles. The summed E-state index contributed by atoms with van der Waals surface area (Å²) in [6.07, 6.45) is 5.75. The second kappa shape index (κ2) is 5.59. The molecule has 0 amide bonds. The fraction of sp³-hybridized carbons (Fsp3) is 0.667. The average molecular weight is 247 g/mol. The van der Waals surface area contributed by atoms with Crippen LogP contribution in [0.2, 0.25) is 0 Å². The number of aromatic nitrogens is 1. The maximum Gasteiger partial charge on any atom is 0.151 e. The Labute approximate surface area is 110 Å². The summed E-state index contributed by atoms with van der Waals surface area (Å²) in [6, 6.07) is 2.02. The molecule has 1 aromatic heterocycles. The van der Waals surface area contributed by atoms with Gasteiger partial charge >= 0.3 is 0 Å². The Bertz CT molecular complexity index is 401. The monoisotopic (exact) mass is 247 g/mol. The van der Waals surface area contributed by atoms with E-state index in [4.69, 9.17) is 5.73 Å². The lowest BCUT2D eigenvalue weighted by atomic mass is 9.89. The molecule has 1 atom stereocenters. The number of hydrogen-bond acceptors (Lipinski definition) is 3. The van der Waals surface area contributed by atoms with Crippen LogP contribution in [0.3, 0.4) is 0 Å². The van der Waals surface area contributed by atoms with E-state index in [2.05, 4.69) is 23.7 Å². The molecule has 3 heteroatoms. The molecule has 100 valence electrons. The minimum absolute atomic E-state index is 0.785. The van der Waals surface area contributed by atoms with E-state index < -0.39 is 0 Å². The summed E-state index contributed by atoms with van der Waals surface area (Å²) >= 11 is 0. The molecule has 0 radical (unpaired) electrons. The van der Waals surface area contributed by atoms with Gasteiger partial charge in [0.15, 0.2) is 5.82 Å². The van der Waals surface area contributed by atoms with Crippen molar-refractivity contribution in [2.45, 2.75) is 40.0 Å². The number of hydrogen-bond donors (Lipinski definition) is 1. The molecule has 0 aliphatic carbocycles. The van der Waals surface area contributed by atoms with Crippen LogP contribution in [0.4, 0.5) is 11.5 Å². The molecular weight excluding hydrogens is 222 g/mol. The third-order valence-corrected chi connectivity index (χ3v) is 4.05. The first-order valence-electron chi connectivity index (χ1n) is 7.05. The van der Waals surface area contributed by atoms with Crippen LogP contribution in [0.5, 0.6) is 0 Å². The molecule has 2 heterocycles. The Morgan fingerprint density at radius 1 is 1.33 bits per heavy atom. The highest BCUT2D eigenvalue weighted by Crippen LogP contribution is 2.28. The molecule has 1 unspecified atom stereocenters. The zero-order valence-corrected chi connectivity index (χ0v) is 11.8. The van der Waals surface area contributed by atoms with E-state index in [0.29, 0.717) is 0 Å². The number of aryl methyl sites for hydroxylation is 1. The summed E-state index contributed by atoms with van der Waals surface area (Å²) in [5, 5.41) is 0. The van der Waals surface area contributed by atoms with Crippen LogP contribution in [-0.2, 0) is 0 Å². The summed E-state index contributed by atoms with van der Waals surface area (Å²) in [7, 11) is 0. The van der Waals surface area contributed by atoms with Crippen molar-refractivity contribution in [2.75, 3.05) is 23.7 Å². The van der Waals surface area contributed by atoms with Crippen molar-refractivity contribution < 1.29 is 0 Å². The van der Waals surface area contributed by atoms with Crippen LogP contribution < -0.4 is 10.6 Å². The Kier molecular flexibility index (Phi) is 4.10. The summed E-state index contributed by atoms with van der Waals surface area (Å²) in [5.74, 6) is 2.61. The smallest absolute Gasteiger partial charge is 0.151 e. The molecule has 0 spiro atoms. The van der Waals surface area contributed by atoms with Gasteiger partial charge in [-0.05, 0) is 49.7 Å². The van der Waals surface area contributed by atoms with Crippen molar-refractivity contribution in [1.29, 1.82) is 0 Å². The van der Waals surface area contributed by atoms with Crippen molar-refractivity contribution in [3.05, 3.63) is 17.8 Å². The lowest BCUT2D eigenvalue weighted by molar-refractivity contribution is 0.351. The second-order valence-corrected chi connectivity index (χ2v) is 5.85. The van der Waals surface area contributed by atoms with Gasteiger partial charge in [0.25, 0.3) is 0 Å². The van der Waals surface area contributed by atoms with Crippen LogP contribution in [-0.4, -0.2) is 18.1 Å². The van der Waals surface area contributed by atoms with Gasteiger partial charge < -0.3 is 10.6 Å². The van der Waals surface area contributed by atoms with E-state index in [1.807, 2.05) is 19.2 Å². The number of nitrogens with zero attached hydrogens (tertiary/aromatic N) is 2. The predicted molar refractivity (Wildman–Crippen MR) is 77.8 cm³/mol. The maximum atomic E-state index is 6.09. The Morgan fingerprint density at radius 3 is 2.78 bits per heavy atom. The molecule has 2 N–H and O–H groups in total. The number of nitrogen functional groups attached to an aromatic ring is 1. The molecule has 1 aliphatic rings. The van der Waals surface area contributed by atoms with Crippen molar-refractivity contribution in [3.63, 3.8) is 0 Å². The summed E-state index contributed by atoms with van der Waals surface area (Å²) in [4.78, 5) is 6.87. The van der Waals surface area contributed by atoms with Crippen molar-refractivity contribution in [1.82, 2.24) is 4.98 Å². The van der Waals surface area contributed by atoms with E-state index in [-0.39, 0.29) is 0 Å². The van der Waals surface area contributed by atoms with Crippen molar-refractivity contribution in [2.24, 2.45) is 11.8 Å². The topological polar surface area (TPSA) is 42.2 Å². The maximum absolute atomic E-state index is 6.09. The number of anilines is 2. The normalized spacial score (nSPS) is 21.1. The average Bonchev–Trinajstić information content (AvgIpc) is 2.54. The first-order valence-corrected chi connectivity index (χ1v) is 7.05. The first-order chi connectivity index (χ1) is 8.58. The standard InChI is InChI=1S/C15H25N3/c1-11(2)13-5-4-7-18(8-6-13)15-14(16)9-12(3)10-17-15/h9-11,13H,4-8,16H2,1-3H3. The summed E-state index contributed by atoms with van der Waals surface area (Å²) < 4.78 is 0. The SMILES string of the molecule is Cc1cnc(N2CCCC(C(C)C)CC2)c(N)c1. The number of pyridine rings is 1. The van der Waals surface area contributed by atoms with Crippen molar-refractivity contribution >= 4 is 11.5 Å². The van der Waals surface area contributed by atoms with Gasteiger partial charge in [0, 0.05) is 19.3 Å². The van der Waals surface area contributed by atoms with Gasteiger partial charge in [0.2, 0.25) is 0 Å². The molecular formula is C15H25N3. The van der Waals surface area contributed by atoms with E-state index in [0.717, 1.165) is 42.0 Å². The molecule has 2 rings (SSSR count). The van der Waals surface area contributed by atoms with E-state index >= 15 is 0 Å². The summed E-state index contributed by atoms with van der Waals surface area (Å²) in [6.45, 7) is 8.87. The van der Waals surface area contributed by atoms with E-state index in [1.165, 1.54) is 19.3 Å². The molecule has 0 saturated carbocycles. The van der Waals surface area contributed by atoms with E-state index in [9.17, 15) is 0 Å². The zero-order chi connectivity index (χ0) is 13.1. The third kappa shape index (κ3) is 2.95. The second-order valence-electron chi connectivity index (χ2n) is 5.85. The van der Waals surface area contributed by atoms with Crippen molar-refractivity contribution in [3.8, 4) is 0 Å². The molecule has 1 aliphatic heterocycles. The van der Waals surface area contributed by atoms with Crippen LogP contribution in [0, 0.1) is 18.8 Å². The Hall–Kier alpha value is -1.25. The van der Waals surface area contributed by atoms with Gasteiger partial charge in [-0.15, -0.1) is 0 Å². The number of nitrogens with two attached hydrogens (primary N) is 1. The molecule has 0 bridgehead atoms. The van der Waals surface area contributed by atoms with Crippen LogP contribution in [0.1, 0.15) is 38.7 Å². The molecule has 1 aromatic rings. The van der Waals surface area contributed by atoms with Gasteiger partial charge in [-0.2, -0.15) is 0 Å². The molecule has 18 heavy (non-hydrogen) atoms. The molecule has 1 fully saturated rings. The highest BCUT2D eigenvalue weighted by Gasteiger charge is 2.21. The van der Waals surface area contributed by atoms with Gasteiger partial charge in [0.05, 0.1) is 5.69 Å². The van der Waals surface area contributed by atoms with Crippen LogP contribution in [0.25, 0.3) is 0 Å². The van der Waals surface area contributed by atoms with Gasteiger partial charge in [-0.1, -0.05) is 13.8 Å². The highest BCUT2D eigenvalue weighted by atomic mass is 15.2. The minimum Gasteiger partial charge on any atom is -0.396 e. The summed E-state index contributed by atoms with van der Waals surface area (Å²) in [5.41, 5.74) is 8.04. The minimum atomic E-state index is 0.785. The fourth-order valence-corrected chi connectivity index (χ4v) is 2.85. The fourth-order valence-electron chi connectivity index (χ4n) is 2.85. The third-order valence-electron chi connectivity index (χ3n) is 4.05. The lowest BCUT2D eigenvalue weighted by Gasteiger charge is -2.23. The zero-order valence-electron chi connectivity index (χ0n) is 11.8. The van der Waals surface area contributed by atoms with Crippen LogP contribution in [0.15, 0.2) is 12.3 Å². The molecule has 1 saturated heterocycles. The predicted octanol–water partition coefficient (Wildman–Crippen LogP) is 3.23. The van der Waals surface area contributed by atoms with E-state index in [1.54, 1.807) is 0 Å². The Balaban J connectivity index is 2.10. The first kappa shape index (κ1) is 13.2. The number of rotatable bonds is 2. The quantitative estimate of drug-likeness (QED) is 0.872. The van der Waals surface area contributed by atoms with Gasteiger partial charge in [-0.3, -0.25) is 0 Å². The highest BCUT2D eigenvalue weighted by molar-refractivity contribution is 5.63. The van der Waals surface area contributed by atoms with Crippen LogP contribution >= 0.6 is 0 Å². The van der Waals surface area contributed by atoms with Gasteiger partial charge in [-0.25, -0.2) is 4.98 Å².